The second-order valence-corrected chi connectivity index (χ2v) is 18.3. The van der Waals surface area contributed by atoms with Gasteiger partial charge >= 0.3 is 0 Å². The highest BCUT2D eigenvalue weighted by Gasteiger charge is 2.39. The molecule has 0 aromatic heterocycles. The third-order valence-electron chi connectivity index (χ3n) is 10.1. The lowest BCUT2D eigenvalue weighted by Gasteiger charge is -2.36. The number of carbonyl (C=O) groups excluding carboxylic acids is 5. The molecular weight excluding hydrogens is 863 g/mol. The van der Waals surface area contributed by atoms with Crippen molar-refractivity contribution in [2.24, 2.45) is 0 Å². The number of nitrogens with zero attached hydrogens (tertiary/aromatic N) is 5. The lowest BCUT2D eigenvalue weighted by atomic mass is 9.96. The van der Waals surface area contributed by atoms with Gasteiger partial charge in [-0.3, -0.25) is 24.0 Å². The van der Waals surface area contributed by atoms with E-state index >= 15 is 0 Å². The van der Waals surface area contributed by atoms with Crippen LogP contribution in [0.1, 0.15) is 109 Å². The van der Waals surface area contributed by atoms with Crippen molar-refractivity contribution in [2.45, 2.75) is 173 Å². The summed E-state index contributed by atoms with van der Waals surface area (Å²) in [6.45, 7) is 16.4. The Balaban J connectivity index is -0.000000377. The second kappa shape index (κ2) is 27.1. The van der Waals surface area contributed by atoms with Gasteiger partial charge in [0, 0.05) is 66.5 Å². The number of hydrogen-bond acceptors (Lipinski definition) is 10. The standard InChI is InChI=1S/C12H22F2N2O2.C11H19F2N3O.C11H22F2N2O.C8H16F2N2O/c1-8(17)11(2,3)16(6)10(18)9(15-5)7-12(4,13)14;1-10(2,7-14)16(5)9(17)8(15-4)6-11(3,12)13;1-10(2,3)15(6)9(16)8(14-5)7-11(4,12)13;1-8(9,10)5-6(11-2)7(13)12(3)4/h9,15H,7H2,1-6H3;8,15H,6H2,1-5H3;8,14H,7H2,1-6H3;6,11H,5H2,1-4H3. The third kappa shape index (κ3) is 27.6. The first kappa shape index (κ1) is 66.9. The molecule has 0 aliphatic heterocycles. The van der Waals surface area contributed by atoms with Crippen LogP contribution in [0.5, 0.6) is 0 Å². The van der Waals surface area contributed by atoms with Crippen molar-refractivity contribution < 1.29 is 59.1 Å². The number of ketones is 1. The molecule has 378 valence electrons. The van der Waals surface area contributed by atoms with Crippen molar-refractivity contribution >= 4 is 29.4 Å². The van der Waals surface area contributed by atoms with Crippen LogP contribution in [-0.4, -0.2) is 177 Å². The molecule has 0 radical (unpaired) electrons. The van der Waals surface area contributed by atoms with Gasteiger partial charge in [-0.1, -0.05) is 0 Å². The zero-order valence-corrected chi connectivity index (χ0v) is 41.9. The number of nitrogens with one attached hydrogen (secondary N) is 4. The number of rotatable bonds is 19. The molecule has 0 saturated heterocycles. The Bertz CT molecular complexity index is 1500. The molecule has 4 N–H and O–H groups in total. The summed E-state index contributed by atoms with van der Waals surface area (Å²) in [5, 5.41) is 19.2. The van der Waals surface area contributed by atoms with Gasteiger partial charge in [0.1, 0.15) is 5.54 Å². The van der Waals surface area contributed by atoms with Crippen LogP contribution >= 0.6 is 0 Å². The number of hydrogen-bond donors (Lipinski definition) is 4. The summed E-state index contributed by atoms with van der Waals surface area (Å²) in [6, 6.07) is -1.70. The molecule has 0 aliphatic rings. The average Bonchev–Trinajstić information content (AvgIpc) is 3.13. The van der Waals surface area contributed by atoms with Crippen LogP contribution in [0.3, 0.4) is 0 Å². The van der Waals surface area contributed by atoms with Crippen LogP contribution < -0.4 is 21.3 Å². The summed E-state index contributed by atoms with van der Waals surface area (Å²) >= 11 is 0. The van der Waals surface area contributed by atoms with Crippen LogP contribution in [0, 0.1) is 11.3 Å². The fourth-order valence-electron chi connectivity index (χ4n) is 4.89. The number of amides is 4. The van der Waals surface area contributed by atoms with Gasteiger partial charge in [0.15, 0.2) is 5.78 Å². The van der Waals surface area contributed by atoms with Crippen molar-refractivity contribution in [3.63, 3.8) is 0 Å². The van der Waals surface area contributed by atoms with Gasteiger partial charge in [0.25, 0.3) is 0 Å². The van der Waals surface area contributed by atoms with Crippen molar-refractivity contribution in [1.82, 2.24) is 40.9 Å². The first-order valence-corrected chi connectivity index (χ1v) is 20.4. The molecular formula is C42H79F8N9O5. The van der Waals surface area contributed by atoms with E-state index in [1.807, 2.05) is 26.8 Å². The van der Waals surface area contributed by atoms with Gasteiger partial charge in [-0.2, -0.15) is 5.26 Å². The Labute approximate surface area is 376 Å². The van der Waals surface area contributed by atoms with Gasteiger partial charge in [0.05, 0.1) is 35.8 Å². The lowest BCUT2D eigenvalue weighted by molar-refractivity contribution is -0.145. The first-order valence-electron chi connectivity index (χ1n) is 20.4. The molecule has 4 unspecified atom stereocenters. The van der Waals surface area contributed by atoms with Gasteiger partial charge in [-0.05, 0) is 111 Å². The summed E-state index contributed by atoms with van der Waals surface area (Å²) in [7, 11) is 13.5. The normalized spacial score (nSPS) is 14.2. The monoisotopic (exact) mass is 942 g/mol. The number of nitriles is 1. The number of likely N-dealkylation sites (N-methyl/N-ethyl adjacent to an activating group) is 8. The Hall–Kier alpha value is -3.68. The quantitative estimate of drug-likeness (QED) is 0.123. The average molecular weight is 942 g/mol. The molecule has 0 bridgehead atoms. The molecule has 0 rings (SSSR count). The van der Waals surface area contributed by atoms with E-state index < -0.39 is 96.4 Å². The molecule has 14 nitrogen and oxygen atoms in total. The highest BCUT2D eigenvalue weighted by molar-refractivity contribution is 5.92. The highest BCUT2D eigenvalue weighted by atomic mass is 19.3. The summed E-state index contributed by atoms with van der Waals surface area (Å²) in [5.74, 6) is -13.4. The first-order chi connectivity index (χ1) is 28.2. The van der Waals surface area contributed by atoms with E-state index in [-0.39, 0.29) is 23.1 Å². The molecule has 64 heavy (non-hydrogen) atoms. The summed E-state index contributed by atoms with van der Waals surface area (Å²) in [6.07, 6.45) is -2.14. The minimum atomic E-state index is -2.94. The smallest absolute Gasteiger partial charge is 0.247 e. The maximum Gasteiger partial charge on any atom is 0.247 e. The fourth-order valence-corrected chi connectivity index (χ4v) is 4.89. The topological polar surface area (TPSA) is 170 Å². The van der Waals surface area contributed by atoms with Crippen molar-refractivity contribution in [1.29, 1.82) is 5.26 Å². The number of carbonyl (C=O) groups is 5. The molecule has 0 spiro atoms. The molecule has 0 aromatic carbocycles. The van der Waals surface area contributed by atoms with Gasteiger partial charge in [-0.25, -0.2) is 35.1 Å². The van der Waals surface area contributed by atoms with E-state index in [0.717, 1.165) is 27.7 Å². The second-order valence-electron chi connectivity index (χ2n) is 18.3. The number of halogens is 8. The summed E-state index contributed by atoms with van der Waals surface area (Å²) in [4.78, 5) is 63.8. The van der Waals surface area contributed by atoms with E-state index in [0.29, 0.717) is 0 Å². The maximum absolute atomic E-state index is 13.0. The largest absolute Gasteiger partial charge is 0.347 e. The third-order valence-corrected chi connectivity index (χ3v) is 10.1. The van der Waals surface area contributed by atoms with Gasteiger partial charge in [-0.15, -0.1) is 0 Å². The fraction of sp³-hybridized carbons (Fsp3) is 0.857. The minimum Gasteiger partial charge on any atom is -0.347 e. The Morgan fingerprint density at radius 1 is 0.469 bits per heavy atom. The zero-order chi connectivity index (χ0) is 52.4. The highest BCUT2D eigenvalue weighted by Crippen LogP contribution is 2.25. The van der Waals surface area contributed by atoms with E-state index in [1.54, 1.807) is 48.8 Å². The van der Waals surface area contributed by atoms with Crippen LogP contribution in [0.15, 0.2) is 0 Å². The molecule has 0 aromatic rings. The SMILES string of the molecule is CNC(CC(C)(F)F)C(=O)N(C)C.CNC(CC(C)(F)F)C(=O)N(C)C(C)(C)C.CNC(CC(C)(F)F)C(=O)N(C)C(C)(C)C#N.CNC(CC(C)(F)F)C(=O)N(C)C(C)(C)C(C)=O. The summed E-state index contributed by atoms with van der Waals surface area (Å²) in [5.41, 5.74) is -2.39. The van der Waals surface area contributed by atoms with Crippen molar-refractivity contribution in [3.8, 4) is 6.07 Å². The predicted molar refractivity (Wildman–Crippen MR) is 234 cm³/mol. The number of Topliss-reactive ketones (excluding diaryl/α,β-unsaturated/α-hetero) is 1. The van der Waals surface area contributed by atoms with Crippen LogP contribution in [0.2, 0.25) is 0 Å². The lowest BCUT2D eigenvalue weighted by Crippen LogP contribution is -2.56. The van der Waals surface area contributed by atoms with Gasteiger partial charge in [0.2, 0.25) is 47.3 Å². The number of alkyl halides is 8. The molecule has 0 aliphatic carbocycles. The van der Waals surface area contributed by atoms with Crippen LogP contribution in [0.4, 0.5) is 35.1 Å². The molecule has 0 heterocycles. The molecule has 0 saturated carbocycles. The van der Waals surface area contributed by atoms with Gasteiger partial charge < -0.3 is 40.9 Å². The minimum absolute atomic E-state index is 0.198. The van der Waals surface area contributed by atoms with E-state index in [1.165, 1.54) is 68.8 Å². The zero-order valence-electron chi connectivity index (χ0n) is 41.9. The van der Waals surface area contributed by atoms with Crippen molar-refractivity contribution in [2.75, 3.05) is 63.4 Å². The van der Waals surface area contributed by atoms with Crippen LogP contribution in [0.25, 0.3) is 0 Å². The van der Waals surface area contributed by atoms with Crippen LogP contribution in [-0.2, 0) is 24.0 Å². The van der Waals surface area contributed by atoms with Crippen molar-refractivity contribution in [3.05, 3.63) is 0 Å². The molecule has 4 amide bonds. The van der Waals surface area contributed by atoms with E-state index in [2.05, 4.69) is 21.3 Å². The Kier molecular flexibility index (Phi) is 28.3. The maximum atomic E-state index is 13.0. The van der Waals surface area contributed by atoms with E-state index in [9.17, 15) is 59.1 Å². The Morgan fingerprint density at radius 2 is 0.703 bits per heavy atom. The Morgan fingerprint density at radius 3 is 0.891 bits per heavy atom. The summed E-state index contributed by atoms with van der Waals surface area (Å²) < 4.78 is 103. The molecule has 4 atom stereocenters. The molecule has 22 heteroatoms. The predicted octanol–water partition coefficient (Wildman–Crippen LogP) is 5.41. The molecule has 0 fully saturated rings. The van der Waals surface area contributed by atoms with E-state index in [4.69, 9.17) is 5.26 Å².